The summed E-state index contributed by atoms with van der Waals surface area (Å²) in [5.74, 6) is 0.187. The molecule has 2 rings (SSSR count). The number of primary amides is 1. The maximum Gasteiger partial charge on any atom is 0.219 e. The third-order valence-corrected chi connectivity index (χ3v) is 3.52. The van der Waals surface area contributed by atoms with Crippen LogP contribution in [0.1, 0.15) is 6.42 Å². The number of ether oxygens (including phenoxy) is 2. The Kier molecular flexibility index (Phi) is 6.42. The number of hydrogen-bond donors (Lipinski definition) is 1. The highest BCUT2D eigenvalue weighted by Crippen LogP contribution is 2.20. The smallest absolute Gasteiger partial charge is 0.219 e. The van der Waals surface area contributed by atoms with Crippen molar-refractivity contribution in [3.8, 4) is 11.5 Å². The maximum atomic E-state index is 13.6. The summed E-state index contributed by atoms with van der Waals surface area (Å²) >= 11 is 0. The number of anilines is 1. The van der Waals surface area contributed by atoms with Gasteiger partial charge in [-0.05, 0) is 36.4 Å². The molecule has 0 aliphatic rings. The quantitative estimate of drug-likeness (QED) is 0.766. The molecule has 0 bridgehead atoms. The Morgan fingerprint density at radius 2 is 1.83 bits per heavy atom. The molecule has 0 aromatic heterocycles. The van der Waals surface area contributed by atoms with Crippen LogP contribution >= 0.6 is 0 Å². The van der Waals surface area contributed by atoms with Crippen molar-refractivity contribution in [1.29, 1.82) is 0 Å². The van der Waals surface area contributed by atoms with Crippen LogP contribution in [-0.2, 0) is 4.79 Å². The summed E-state index contributed by atoms with van der Waals surface area (Å²) in [7, 11) is 1.60. The summed E-state index contributed by atoms with van der Waals surface area (Å²) in [6.07, 6.45) is 0.228. The topological polar surface area (TPSA) is 64.8 Å². The van der Waals surface area contributed by atoms with Crippen LogP contribution in [-0.4, -0.2) is 32.7 Å². The number of nitrogens with zero attached hydrogens (tertiary/aromatic N) is 1. The van der Waals surface area contributed by atoms with Gasteiger partial charge in [0.25, 0.3) is 0 Å². The predicted octanol–water partition coefficient (Wildman–Crippen LogP) is 2.60. The minimum Gasteiger partial charge on any atom is -0.497 e. The van der Waals surface area contributed by atoms with Gasteiger partial charge in [0.1, 0.15) is 12.4 Å². The normalized spacial score (nSPS) is 10.2. The van der Waals surface area contributed by atoms with E-state index in [4.69, 9.17) is 15.2 Å². The van der Waals surface area contributed by atoms with Crippen LogP contribution in [0.25, 0.3) is 0 Å². The second-order valence-corrected chi connectivity index (χ2v) is 5.18. The largest absolute Gasteiger partial charge is 0.497 e. The Balaban J connectivity index is 1.99. The number of halogens is 1. The Morgan fingerprint density at radius 1 is 1.12 bits per heavy atom. The van der Waals surface area contributed by atoms with Crippen molar-refractivity contribution in [2.45, 2.75) is 6.42 Å². The van der Waals surface area contributed by atoms with Crippen LogP contribution < -0.4 is 20.1 Å². The van der Waals surface area contributed by atoms with Gasteiger partial charge in [-0.3, -0.25) is 4.79 Å². The molecule has 0 fully saturated rings. The van der Waals surface area contributed by atoms with Crippen LogP contribution in [0.4, 0.5) is 10.1 Å². The summed E-state index contributed by atoms with van der Waals surface area (Å²) in [6, 6.07) is 13.7. The summed E-state index contributed by atoms with van der Waals surface area (Å²) in [6.45, 7) is 1.24. The first kappa shape index (κ1) is 17.6. The number of amides is 1. The summed E-state index contributed by atoms with van der Waals surface area (Å²) in [4.78, 5) is 13.0. The van der Waals surface area contributed by atoms with E-state index in [2.05, 4.69) is 0 Å². The van der Waals surface area contributed by atoms with Gasteiger partial charge in [0.2, 0.25) is 5.91 Å². The van der Waals surface area contributed by atoms with Crippen LogP contribution in [0.2, 0.25) is 0 Å². The monoisotopic (exact) mass is 332 g/mol. The fourth-order valence-corrected chi connectivity index (χ4v) is 2.24. The molecule has 1 amide bonds. The van der Waals surface area contributed by atoms with Gasteiger partial charge in [0, 0.05) is 18.7 Å². The lowest BCUT2D eigenvalue weighted by Gasteiger charge is -2.24. The Morgan fingerprint density at radius 3 is 2.46 bits per heavy atom. The molecular weight excluding hydrogens is 311 g/mol. The molecule has 2 N–H and O–H groups in total. The zero-order valence-corrected chi connectivity index (χ0v) is 13.6. The lowest BCUT2D eigenvalue weighted by molar-refractivity contribution is -0.117. The highest BCUT2D eigenvalue weighted by Gasteiger charge is 2.10. The van der Waals surface area contributed by atoms with Crippen LogP contribution in [0, 0.1) is 5.82 Å². The van der Waals surface area contributed by atoms with E-state index in [0.717, 1.165) is 11.4 Å². The fourth-order valence-electron chi connectivity index (χ4n) is 2.24. The van der Waals surface area contributed by atoms with Gasteiger partial charge < -0.3 is 20.1 Å². The molecule has 0 saturated heterocycles. The van der Waals surface area contributed by atoms with Crippen molar-refractivity contribution in [3.05, 3.63) is 54.3 Å². The molecule has 0 heterocycles. The predicted molar refractivity (Wildman–Crippen MR) is 90.9 cm³/mol. The van der Waals surface area contributed by atoms with E-state index in [0.29, 0.717) is 13.1 Å². The second-order valence-electron chi connectivity index (χ2n) is 5.18. The second kappa shape index (κ2) is 8.76. The van der Waals surface area contributed by atoms with E-state index < -0.39 is 5.82 Å². The summed E-state index contributed by atoms with van der Waals surface area (Å²) < 4.78 is 24.2. The van der Waals surface area contributed by atoms with Gasteiger partial charge in [0.05, 0.1) is 13.7 Å². The molecule has 24 heavy (non-hydrogen) atoms. The number of carbonyl (C=O) groups excluding carboxylic acids is 1. The first-order chi connectivity index (χ1) is 11.6. The minimum atomic E-state index is -0.398. The van der Waals surface area contributed by atoms with Crippen molar-refractivity contribution in [1.82, 2.24) is 0 Å². The number of carbonyl (C=O) groups is 1. The molecule has 2 aromatic rings. The zero-order valence-electron chi connectivity index (χ0n) is 13.6. The average Bonchev–Trinajstić information content (AvgIpc) is 2.59. The van der Waals surface area contributed by atoms with Gasteiger partial charge in [0.15, 0.2) is 11.6 Å². The summed E-state index contributed by atoms with van der Waals surface area (Å²) in [5.41, 5.74) is 6.15. The van der Waals surface area contributed by atoms with E-state index >= 15 is 0 Å². The number of nitrogens with two attached hydrogens (primary N) is 1. The van der Waals surface area contributed by atoms with Gasteiger partial charge in [-0.1, -0.05) is 12.1 Å². The van der Waals surface area contributed by atoms with E-state index in [1.54, 1.807) is 25.3 Å². The molecule has 128 valence electrons. The van der Waals surface area contributed by atoms with E-state index in [-0.39, 0.29) is 24.7 Å². The zero-order chi connectivity index (χ0) is 17.4. The first-order valence-electron chi connectivity index (χ1n) is 7.65. The molecular formula is C18H21FN2O3. The maximum absolute atomic E-state index is 13.6. The minimum absolute atomic E-state index is 0.210. The fraction of sp³-hybridized carbons (Fsp3) is 0.278. The summed E-state index contributed by atoms with van der Waals surface area (Å²) in [5, 5.41) is 0. The lowest BCUT2D eigenvalue weighted by atomic mass is 10.2. The number of rotatable bonds is 9. The van der Waals surface area contributed by atoms with Crippen molar-refractivity contribution in [3.63, 3.8) is 0 Å². The Labute approximate surface area is 140 Å². The van der Waals surface area contributed by atoms with Crippen molar-refractivity contribution in [2.24, 2.45) is 5.73 Å². The Hall–Kier alpha value is -2.76. The molecule has 0 spiro atoms. The van der Waals surface area contributed by atoms with Gasteiger partial charge >= 0.3 is 0 Å². The third-order valence-electron chi connectivity index (χ3n) is 3.52. The van der Waals surface area contributed by atoms with Gasteiger partial charge in [-0.2, -0.15) is 0 Å². The molecule has 5 nitrogen and oxygen atoms in total. The van der Waals surface area contributed by atoms with Crippen molar-refractivity contribution >= 4 is 11.6 Å². The lowest BCUT2D eigenvalue weighted by Crippen LogP contribution is -2.32. The molecule has 0 aliphatic carbocycles. The molecule has 2 aromatic carbocycles. The number of methoxy groups -OCH3 is 1. The first-order valence-corrected chi connectivity index (χ1v) is 7.65. The number of hydrogen-bond acceptors (Lipinski definition) is 4. The van der Waals surface area contributed by atoms with Crippen LogP contribution in [0.5, 0.6) is 11.5 Å². The van der Waals surface area contributed by atoms with E-state index in [1.807, 2.05) is 29.2 Å². The van der Waals surface area contributed by atoms with Gasteiger partial charge in [-0.15, -0.1) is 0 Å². The van der Waals surface area contributed by atoms with Gasteiger partial charge in [-0.25, -0.2) is 4.39 Å². The third kappa shape index (κ3) is 5.15. The molecule has 0 unspecified atom stereocenters. The van der Waals surface area contributed by atoms with Crippen LogP contribution in [0.3, 0.4) is 0 Å². The highest BCUT2D eigenvalue weighted by molar-refractivity contribution is 5.74. The van der Waals surface area contributed by atoms with E-state index in [9.17, 15) is 9.18 Å². The molecule has 0 radical (unpaired) electrons. The van der Waals surface area contributed by atoms with Crippen LogP contribution in [0.15, 0.2) is 48.5 Å². The molecule has 0 saturated carbocycles. The van der Waals surface area contributed by atoms with E-state index in [1.165, 1.54) is 6.07 Å². The molecule has 6 heteroatoms. The Bertz CT molecular complexity index is 662. The number of para-hydroxylation sites is 1. The molecule has 0 atom stereocenters. The molecule has 0 aliphatic heterocycles. The number of benzene rings is 2. The standard InChI is InChI=1S/C18H21FN2O3/c1-23-15-8-6-14(7-9-15)21(11-10-18(20)22)12-13-24-17-5-3-2-4-16(17)19/h2-9H,10-13H2,1H3,(H2,20,22). The van der Waals surface area contributed by atoms with Crippen molar-refractivity contribution < 1.29 is 18.7 Å². The average molecular weight is 332 g/mol. The SMILES string of the molecule is COc1ccc(N(CCOc2ccccc2F)CCC(N)=O)cc1. The highest BCUT2D eigenvalue weighted by atomic mass is 19.1. The van der Waals surface area contributed by atoms with Crippen molar-refractivity contribution in [2.75, 3.05) is 31.7 Å².